The van der Waals surface area contributed by atoms with Gasteiger partial charge in [0.15, 0.2) is 0 Å². The smallest absolute Gasteiger partial charge is 0.0543 e. The molecule has 0 saturated heterocycles. The van der Waals surface area contributed by atoms with Crippen LogP contribution in [0.4, 0.5) is 0 Å². The fourth-order valence-electron chi connectivity index (χ4n) is 1.37. The molecule has 0 aliphatic rings. The second-order valence-electron chi connectivity index (χ2n) is 3.88. The summed E-state index contributed by atoms with van der Waals surface area (Å²) in [6.45, 7) is 4.32. The van der Waals surface area contributed by atoms with E-state index in [1.165, 1.54) is 25.7 Å². The quantitative estimate of drug-likeness (QED) is 0.593. The first-order chi connectivity index (χ1) is 6.20. The molecular weight excluding hydrogens is 162 g/mol. The van der Waals surface area contributed by atoms with Crippen molar-refractivity contribution in [2.24, 2.45) is 5.73 Å². The zero-order valence-corrected chi connectivity index (χ0v) is 9.38. The van der Waals surface area contributed by atoms with Crippen LogP contribution in [0.25, 0.3) is 0 Å². The fraction of sp³-hybridized carbons (Fsp3) is 1.00. The van der Waals surface area contributed by atoms with Crippen LogP contribution in [0.1, 0.15) is 52.4 Å². The van der Waals surface area contributed by atoms with Gasteiger partial charge in [0.25, 0.3) is 0 Å². The van der Waals surface area contributed by atoms with E-state index < -0.39 is 0 Å². The van der Waals surface area contributed by atoms with Crippen molar-refractivity contribution in [2.45, 2.75) is 64.5 Å². The van der Waals surface area contributed by atoms with Gasteiger partial charge in [0.05, 0.1) is 6.10 Å². The molecule has 0 amide bonds. The van der Waals surface area contributed by atoms with Crippen LogP contribution in [0.2, 0.25) is 0 Å². The molecule has 0 bridgehead atoms. The SMILES string of the molecule is CCCCCC(N)CCC(C)OC. The minimum absolute atomic E-state index is 0.359. The minimum atomic E-state index is 0.359. The topological polar surface area (TPSA) is 35.2 Å². The predicted octanol–water partition coefficient (Wildman–Crippen LogP) is 2.71. The van der Waals surface area contributed by atoms with Crippen LogP contribution in [0.15, 0.2) is 0 Å². The summed E-state index contributed by atoms with van der Waals surface area (Å²) in [6, 6.07) is 0.379. The highest BCUT2D eigenvalue weighted by molar-refractivity contribution is 4.63. The number of nitrogens with two attached hydrogens (primary N) is 1. The maximum atomic E-state index is 5.96. The van der Waals surface area contributed by atoms with Gasteiger partial charge >= 0.3 is 0 Å². The number of hydrogen-bond acceptors (Lipinski definition) is 2. The van der Waals surface area contributed by atoms with Crippen molar-refractivity contribution < 1.29 is 4.74 Å². The summed E-state index contributed by atoms with van der Waals surface area (Å²) in [5.41, 5.74) is 5.96. The summed E-state index contributed by atoms with van der Waals surface area (Å²) >= 11 is 0. The first-order valence-corrected chi connectivity index (χ1v) is 5.49. The van der Waals surface area contributed by atoms with E-state index in [2.05, 4.69) is 13.8 Å². The molecule has 0 aliphatic carbocycles. The lowest BCUT2D eigenvalue weighted by Crippen LogP contribution is -2.21. The standard InChI is InChI=1S/C11H25NO/c1-4-5-6-7-11(12)9-8-10(2)13-3/h10-11H,4-9,12H2,1-3H3. The van der Waals surface area contributed by atoms with E-state index in [0.29, 0.717) is 12.1 Å². The van der Waals surface area contributed by atoms with Gasteiger partial charge in [-0.15, -0.1) is 0 Å². The summed E-state index contributed by atoms with van der Waals surface area (Å²) in [4.78, 5) is 0. The molecule has 0 aliphatic heterocycles. The molecule has 0 aromatic carbocycles. The highest BCUT2D eigenvalue weighted by Gasteiger charge is 2.05. The molecule has 0 radical (unpaired) electrons. The molecule has 2 heteroatoms. The van der Waals surface area contributed by atoms with E-state index in [0.717, 1.165) is 12.8 Å². The third kappa shape index (κ3) is 8.26. The van der Waals surface area contributed by atoms with Gasteiger partial charge in [-0.25, -0.2) is 0 Å². The van der Waals surface area contributed by atoms with E-state index in [1.54, 1.807) is 7.11 Å². The molecule has 13 heavy (non-hydrogen) atoms. The van der Waals surface area contributed by atoms with Crippen molar-refractivity contribution in [1.82, 2.24) is 0 Å². The molecule has 0 aromatic rings. The maximum Gasteiger partial charge on any atom is 0.0543 e. The summed E-state index contributed by atoms with van der Waals surface area (Å²) in [5, 5.41) is 0. The largest absolute Gasteiger partial charge is 0.382 e. The average molecular weight is 187 g/mol. The minimum Gasteiger partial charge on any atom is -0.382 e. The van der Waals surface area contributed by atoms with E-state index in [4.69, 9.17) is 10.5 Å². The van der Waals surface area contributed by atoms with Gasteiger partial charge in [0.1, 0.15) is 0 Å². The molecule has 0 fully saturated rings. The van der Waals surface area contributed by atoms with Crippen LogP contribution >= 0.6 is 0 Å². The second-order valence-corrected chi connectivity index (χ2v) is 3.88. The second kappa shape index (κ2) is 8.52. The third-order valence-corrected chi connectivity index (χ3v) is 2.52. The van der Waals surface area contributed by atoms with Crippen molar-refractivity contribution in [3.8, 4) is 0 Å². The summed E-state index contributed by atoms with van der Waals surface area (Å²) in [5.74, 6) is 0. The maximum absolute atomic E-state index is 5.96. The van der Waals surface area contributed by atoms with Gasteiger partial charge in [-0.2, -0.15) is 0 Å². The summed E-state index contributed by atoms with van der Waals surface area (Å²) in [7, 11) is 1.76. The molecule has 2 unspecified atom stereocenters. The lowest BCUT2D eigenvalue weighted by molar-refractivity contribution is 0.107. The summed E-state index contributed by atoms with van der Waals surface area (Å²) < 4.78 is 5.17. The Kier molecular flexibility index (Phi) is 8.46. The molecule has 2 N–H and O–H groups in total. The fourth-order valence-corrected chi connectivity index (χ4v) is 1.37. The number of rotatable bonds is 8. The van der Waals surface area contributed by atoms with Crippen LogP contribution in [-0.4, -0.2) is 19.3 Å². The Labute approximate surface area is 82.8 Å². The third-order valence-electron chi connectivity index (χ3n) is 2.52. The van der Waals surface area contributed by atoms with Crippen LogP contribution in [0.3, 0.4) is 0 Å². The highest BCUT2D eigenvalue weighted by atomic mass is 16.5. The van der Waals surface area contributed by atoms with Gasteiger partial charge in [-0.05, 0) is 26.2 Å². The molecule has 80 valence electrons. The van der Waals surface area contributed by atoms with Gasteiger partial charge in [-0.3, -0.25) is 0 Å². The monoisotopic (exact) mass is 187 g/mol. The molecule has 0 rings (SSSR count). The van der Waals surface area contributed by atoms with E-state index in [-0.39, 0.29) is 0 Å². The number of ether oxygens (including phenoxy) is 1. The molecule has 0 heterocycles. The Bertz CT molecular complexity index is 106. The van der Waals surface area contributed by atoms with Gasteiger partial charge in [0.2, 0.25) is 0 Å². The molecule has 0 saturated carbocycles. The first kappa shape index (κ1) is 12.9. The van der Waals surface area contributed by atoms with Gasteiger partial charge < -0.3 is 10.5 Å². The molecule has 0 aromatic heterocycles. The predicted molar refractivity (Wildman–Crippen MR) is 57.8 cm³/mol. The van der Waals surface area contributed by atoms with E-state index in [1.807, 2.05) is 0 Å². The van der Waals surface area contributed by atoms with Gasteiger partial charge in [-0.1, -0.05) is 26.2 Å². The Balaban J connectivity index is 3.24. The van der Waals surface area contributed by atoms with Crippen molar-refractivity contribution in [1.29, 1.82) is 0 Å². The summed E-state index contributed by atoms with van der Waals surface area (Å²) in [6.07, 6.45) is 7.58. The number of methoxy groups -OCH3 is 1. The van der Waals surface area contributed by atoms with Crippen LogP contribution in [-0.2, 0) is 4.74 Å². The van der Waals surface area contributed by atoms with Crippen LogP contribution in [0, 0.1) is 0 Å². The Hall–Kier alpha value is -0.0800. The lowest BCUT2D eigenvalue weighted by atomic mass is 10.0. The van der Waals surface area contributed by atoms with Crippen molar-refractivity contribution >= 4 is 0 Å². The highest BCUT2D eigenvalue weighted by Crippen LogP contribution is 2.08. The number of hydrogen-bond donors (Lipinski definition) is 1. The van der Waals surface area contributed by atoms with E-state index >= 15 is 0 Å². The Morgan fingerprint density at radius 1 is 1.15 bits per heavy atom. The number of unbranched alkanes of at least 4 members (excludes halogenated alkanes) is 2. The molecular formula is C11H25NO. The Morgan fingerprint density at radius 3 is 2.38 bits per heavy atom. The average Bonchev–Trinajstić information content (AvgIpc) is 2.14. The molecule has 0 spiro atoms. The zero-order chi connectivity index (χ0) is 10.1. The van der Waals surface area contributed by atoms with E-state index in [9.17, 15) is 0 Å². The molecule has 2 atom stereocenters. The van der Waals surface area contributed by atoms with Crippen molar-refractivity contribution in [3.05, 3.63) is 0 Å². The zero-order valence-electron chi connectivity index (χ0n) is 9.38. The molecule has 2 nitrogen and oxygen atoms in total. The van der Waals surface area contributed by atoms with Crippen LogP contribution < -0.4 is 5.73 Å². The van der Waals surface area contributed by atoms with Crippen LogP contribution in [0.5, 0.6) is 0 Å². The first-order valence-electron chi connectivity index (χ1n) is 5.49. The Morgan fingerprint density at radius 2 is 1.85 bits per heavy atom. The van der Waals surface area contributed by atoms with Crippen molar-refractivity contribution in [2.75, 3.05) is 7.11 Å². The van der Waals surface area contributed by atoms with Crippen molar-refractivity contribution in [3.63, 3.8) is 0 Å². The van der Waals surface area contributed by atoms with Gasteiger partial charge in [0, 0.05) is 13.2 Å². The normalized spacial score (nSPS) is 15.7. The lowest BCUT2D eigenvalue weighted by Gasteiger charge is -2.14.